The molecule has 2 aromatic carbocycles. The molecule has 28 heavy (non-hydrogen) atoms. The summed E-state index contributed by atoms with van der Waals surface area (Å²) in [5.41, 5.74) is 1.52. The molecule has 5 rings (SSSR count). The Bertz CT molecular complexity index is 1090. The number of nitrogens with zero attached hydrogens (tertiary/aromatic N) is 1. The molecule has 2 aliphatic heterocycles. The summed E-state index contributed by atoms with van der Waals surface area (Å²) in [6.45, 7) is 6.03. The predicted molar refractivity (Wildman–Crippen MR) is 109 cm³/mol. The topological polar surface area (TPSA) is 63.9 Å². The summed E-state index contributed by atoms with van der Waals surface area (Å²) in [4.78, 5) is 15.0. The average molecular weight is 378 g/mol. The second-order valence-corrected chi connectivity index (χ2v) is 7.33. The van der Waals surface area contributed by atoms with Crippen LogP contribution in [0.3, 0.4) is 0 Å². The first-order valence-electron chi connectivity index (χ1n) is 9.64. The normalized spacial score (nSPS) is 19.0. The predicted octanol–water partition coefficient (Wildman–Crippen LogP) is 3.03. The number of piperazine rings is 1. The van der Waals surface area contributed by atoms with Crippen LogP contribution >= 0.6 is 0 Å². The zero-order chi connectivity index (χ0) is 19.1. The molecular formula is C22H22N2O4. The molecule has 3 heterocycles. The van der Waals surface area contributed by atoms with E-state index in [9.17, 15) is 4.79 Å². The van der Waals surface area contributed by atoms with Gasteiger partial charge in [-0.05, 0) is 48.7 Å². The highest BCUT2D eigenvalue weighted by Gasteiger charge is 2.18. The van der Waals surface area contributed by atoms with Crippen LogP contribution < -0.4 is 25.3 Å². The Labute approximate surface area is 162 Å². The maximum absolute atomic E-state index is 12.7. The molecule has 1 saturated heterocycles. The quantitative estimate of drug-likeness (QED) is 0.740. The van der Waals surface area contributed by atoms with Crippen LogP contribution in [0.4, 0.5) is 5.69 Å². The second kappa shape index (κ2) is 6.87. The molecule has 144 valence electrons. The number of hydrogen-bond acceptors (Lipinski definition) is 6. The summed E-state index contributed by atoms with van der Waals surface area (Å²) < 4.78 is 16.8. The Hall–Kier alpha value is -2.99. The van der Waals surface area contributed by atoms with Gasteiger partial charge in [-0.25, -0.2) is 4.79 Å². The Morgan fingerprint density at radius 2 is 1.89 bits per heavy atom. The molecule has 0 saturated carbocycles. The maximum Gasteiger partial charge on any atom is 0.344 e. The molecule has 6 heteroatoms. The standard InChI is InChI=1S/C22H22N2O4/c1-14-13-24(7-6-23-14)17-4-2-15-10-20(28-22(25)18(15)12-17)16-3-5-19-21(11-16)27-9-8-26-19/h2-5,10-12,14,23H,6-9,13H2,1H3/t14-/m1/s1. The molecule has 6 nitrogen and oxygen atoms in total. The van der Waals surface area contributed by atoms with E-state index in [4.69, 9.17) is 13.9 Å². The fourth-order valence-corrected chi connectivity index (χ4v) is 3.87. The Kier molecular flexibility index (Phi) is 4.20. The van der Waals surface area contributed by atoms with Crippen LogP contribution in [0, 0.1) is 0 Å². The molecule has 1 N–H and O–H groups in total. The maximum atomic E-state index is 12.7. The molecule has 1 atom stereocenters. The SMILES string of the molecule is C[C@@H]1CN(c2ccc3cc(-c4ccc5c(c4)OCCO5)oc(=O)c3c2)CCN1. The lowest BCUT2D eigenvalue weighted by atomic mass is 10.1. The highest BCUT2D eigenvalue weighted by Crippen LogP contribution is 2.35. The summed E-state index contributed by atoms with van der Waals surface area (Å²) in [6.07, 6.45) is 0. The molecule has 1 aromatic heterocycles. The van der Waals surface area contributed by atoms with Crippen molar-refractivity contribution >= 4 is 16.5 Å². The number of nitrogens with one attached hydrogen (secondary N) is 1. The lowest BCUT2D eigenvalue weighted by Gasteiger charge is -2.33. The van der Waals surface area contributed by atoms with Crippen LogP contribution in [0.15, 0.2) is 51.7 Å². The Morgan fingerprint density at radius 3 is 2.75 bits per heavy atom. The summed E-state index contributed by atoms with van der Waals surface area (Å²) in [5, 5.41) is 4.91. The molecule has 0 spiro atoms. The lowest BCUT2D eigenvalue weighted by Crippen LogP contribution is -2.49. The lowest BCUT2D eigenvalue weighted by molar-refractivity contribution is 0.171. The van der Waals surface area contributed by atoms with E-state index < -0.39 is 0 Å². The fraction of sp³-hybridized carbons (Fsp3) is 0.318. The van der Waals surface area contributed by atoms with Gasteiger partial charge < -0.3 is 24.1 Å². The van der Waals surface area contributed by atoms with E-state index >= 15 is 0 Å². The first kappa shape index (κ1) is 17.1. The summed E-state index contributed by atoms with van der Waals surface area (Å²) in [5.74, 6) is 1.92. The van der Waals surface area contributed by atoms with Gasteiger partial charge in [0.05, 0.1) is 5.39 Å². The highest BCUT2D eigenvalue weighted by atomic mass is 16.6. The van der Waals surface area contributed by atoms with Gasteiger partial charge in [-0.1, -0.05) is 6.07 Å². The van der Waals surface area contributed by atoms with E-state index in [1.165, 1.54) is 0 Å². The first-order chi connectivity index (χ1) is 13.7. The molecule has 0 unspecified atom stereocenters. The van der Waals surface area contributed by atoms with Gasteiger partial charge in [-0.3, -0.25) is 0 Å². The van der Waals surface area contributed by atoms with E-state index in [0.29, 0.717) is 41.9 Å². The Balaban J connectivity index is 1.52. The number of rotatable bonds is 2. The molecule has 0 radical (unpaired) electrons. The first-order valence-corrected chi connectivity index (χ1v) is 9.64. The van der Waals surface area contributed by atoms with E-state index in [0.717, 1.165) is 36.3 Å². The van der Waals surface area contributed by atoms with Crippen LogP contribution in [0.2, 0.25) is 0 Å². The monoisotopic (exact) mass is 378 g/mol. The van der Waals surface area contributed by atoms with Gasteiger partial charge in [0.2, 0.25) is 0 Å². The van der Waals surface area contributed by atoms with Crippen molar-refractivity contribution in [3.05, 3.63) is 52.9 Å². The number of ether oxygens (including phenoxy) is 2. The van der Waals surface area contributed by atoms with Gasteiger partial charge in [0.15, 0.2) is 11.5 Å². The number of fused-ring (bicyclic) bond motifs is 2. The largest absolute Gasteiger partial charge is 0.486 e. The van der Waals surface area contributed by atoms with E-state index in [1.807, 2.05) is 36.4 Å². The van der Waals surface area contributed by atoms with Crippen molar-refractivity contribution in [2.24, 2.45) is 0 Å². The minimum absolute atomic E-state index is 0.326. The zero-order valence-corrected chi connectivity index (χ0v) is 15.7. The highest BCUT2D eigenvalue weighted by molar-refractivity contribution is 5.87. The van der Waals surface area contributed by atoms with Crippen molar-refractivity contribution in [3.63, 3.8) is 0 Å². The van der Waals surface area contributed by atoms with Gasteiger partial charge in [-0.15, -0.1) is 0 Å². The number of anilines is 1. The third-order valence-electron chi connectivity index (χ3n) is 5.31. The van der Waals surface area contributed by atoms with Gasteiger partial charge in [0, 0.05) is 36.9 Å². The third kappa shape index (κ3) is 3.10. The van der Waals surface area contributed by atoms with Crippen molar-refractivity contribution in [2.45, 2.75) is 13.0 Å². The van der Waals surface area contributed by atoms with Gasteiger partial charge in [0.25, 0.3) is 0 Å². The van der Waals surface area contributed by atoms with E-state index in [-0.39, 0.29) is 5.63 Å². The van der Waals surface area contributed by atoms with Crippen LogP contribution in [-0.2, 0) is 0 Å². The van der Waals surface area contributed by atoms with E-state index in [1.54, 1.807) is 0 Å². The van der Waals surface area contributed by atoms with Crippen LogP contribution in [0.5, 0.6) is 11.5 Å². The fourth-order valence-electron chi connectivity index (χ4n) is 3.87. The minimum atomic E-state index is -0.326. The number of hydrogen-bond donors (Lipinski definition) is 1. The summed E-state index contributed by atoms with van der Waals surface area (Å²) >= 11 is 0. The van der Waals surface area contributed by atoms with Crippen molar-refractivity contribution in [1.29, 1.82) is 0 Å². The molecular weight excluding hydrogens is 356 g/mol. The summed E-state index contributed by atoms with van der Waals surface area (Å²) in [7, 11) is 0. The molecule has 1 fully saturated rings. The van der Waals surface area contributed by atoms with Gasteiger partial charge in [0.1, 0.15) is 19.0 Å². The molecule has 3 aromatic rings. The van der Waals surface area contributed by atoms with Crippen molar-refractivity contribution in [1.82, 2.24) is 5.32 Å². The van der Waals surface area contributed by atoms with Gasteiger partial charge in [-0.2, -0.15) is 0 Å². The second-order valence-electron chi connectivity index (χ2n) is 7.33. The smallest absolute Gasteiger partial charge is 0.344 e. The zero-order valence-electron chi connectivity index (χ0n) is 15.7. The summed E-state index contributed by atoms with van der Waals surface area (Å²) in [6, 6.07) is 13.9. The Morgan fingerprint density at radius 1 is 1.04 bits per heavy atom. The van der Waals surface area contributed by atoms with Crippen molar-refractivity contribution < 1.29 is 13.9 Å². The van der Waals surface area contributed by atoms with Gasteiger partial charge >= 0.3 is 5.63 Å². The van der Waals surface area contributed by atoms with Crippen molar-refractivity contribution in [2.75, 3.05) is 37.7 Å². The van der Waals surface area contributed by atoms with Crippen LogP contribution in [0.1, 0.15) is 6.92 Å². The van der Waals surface area contributed by atoms with E-state index in [2.05, 4.69) is 23.2 Å². The molecule has 2 aliphatic rings. The number of benzene rings is 2. The molecule has 0 aliphatic carbocycles. The average Bonchev–Trinajstić information content (AvgIpc) is 2.73. The van der Waals surface area contributed by atoms with Crippen LogP contribution in [-0.4, -0.2) is 38.9 Å². The molecule has 0 bridgehead atoms. The molecule has 0 amide bonds. The van der Waals surface area contributed by atoms with Crippen LogP contribution in [0.25, 0.3) is 22.1 Å². The van der Waals surface area contributed by atoms with Crippen molar-refractivity contribution in [3.8, 4) is 22.8 Å². The third-order valence-corrected chi connectivity index (χ3v) is 5.31. The minimum Gasteiger partial charge on any atom is -0.486 e.